The third-order valence-electron chi connectivity index (χ3n) is 4.82. The molecule has 0 heterocycles. The van der Waals surface area contributed by atoms with E-state index in [0.29, 0.717) is 24.4 Å². The van der Waals surface area contributed by atoms with Gasteiger partial charge in [0.1, 0.15) is 6.04 Å². The fourth-order valence-corrected chi connectivity index (χ4v) is 3.45. The number of thioether (sulfide) groups is 1. The summed E-state index contributed by atoms with van der Waals surface area (Å²) in [5.41, 5.74) is 1.64. The van der Waals surface area contributed by atoms with E-state index in [1.807, 2.05) is 43.2 Å². The van der Waals surface area contributed by atoms with Gasteiger partial charge in [-0.05, 0) is 50.3 Å². The Kier molecular flexibility index (Phi) is 10.4. The van der Waals surface area contributed by atoms with Gasteiger partial charge in [-0.25, -0.2) is 0 Å². The molecule has 0 aliphatic carbocycles. The van der Waals surface area contributed by atoms with Crippen LogP contribution in [0.2, 0.25) is 0 Å². The van der Waals surface area contributed by atoms with Gasteiger partial charge in [-0.2, -0.15) is 11.8 Å². The zero-order chi connectivity index (χ0) is 19.5. The van der Waals surface area contributed by atoms with Crippen LogP contribution in [0.5, 0.6) is 0 Å². The highest BCUT2D eigenvalue weighted by atomic mass is 32.2. The van der Waals surface area contributed by atoms with Gasteiger partial charge in [0, 0.05) is 18.7 Å². The van der Waals surface area contributed by atoms with Crippen molar-refractivity contribution in [3.05, 3.63) is 35.4 Å². The lowest BCUT2D eigenvalue weighted by molar-refractivity contribution is -0.133. The van der Waals surface area contributed by atoms with E-state index in [9.17, 15) is 9.59 Å². The number of aryl methyl sites for hydroxylation is 1. The van der Waals surface area contributed by atoms with Crippen LogP contribution in [0, 0.1) is 12.8 Å². The Morgan fingerprint density at radius 2 is 1.88 bits per heavy atom. The SMILES string of the molecule is CCC(CC)CN(CC)C(=O)C(CCSC)NC(=O)c1cccc(C)c1. The summed E-state index contributed by atoms with van der Waals surface area (Å²) in [5.74, 6) is 1.21. The molecule has 1 unspecified atom stereocenters. The Morgan fingerprint density at radius 3 is 2.42 bits per heavy atom. The van der Waals surface area contributed by atoms with E-state index in [0.717, 1.165) is 30.7 Å². The molecule has 0 radical (unpaired) electrons. The van der Waals surface area contributed by atoms with Gasteiger partial charge in [0.15, 0.2) is 0 Å². The van der Waals surface area contributed by atoms with E-state index in [1.54, 1.807) is 17.8 Å². The van der Waals surface area contributed by atoms with Crippen molar-refractivity contribution in [1.29, 1.82) is 0 Å². The first-order valence-electron chi connectivity index (χ1n) is 9.61. The summed E-state index contributed by atoms with van der Waals surface area (Å²) in [6.07, 6.45) is 4.79. The molecule has 0 saturated carbocycles. The second-order valence-corrected chi connectivity index (χ2v) is 7.72. The Bertz CT molecular complexity index is 573. The Balaban J connectivity index is 2.89. The maximum Gasteiger partial charge on any atom is 0.251 e. The summed E-state index contributed by atoms with van der Waals surface area (Å²) in [7, 11) is 0. The lowest BCUT2D eigenvalue weighted by atomic mass is 10.0. The molecular formula is C21H34N2O2S. The fraction of sp³-hybridized carbons (Fsp3) is 0.619. The highest BCUT2D eigenvalue weighted by Gasteiger charge is 2.26. The minimum Gasteiger partial charge on any atom is -0.341 e. The topological polar surface area (TPSA) is 49.4 Å². The standard InChI is InChI=1S/C21H34N2O2S/c1-6-17(7-2)15-23(8-3)21(25)19(12-13-26-5)22-20(24)18-11-9-10-16(4)14-18/h9-11,14,17,19H,6-8,12-13,15H2,1-5H3,(H,22,24). The number of carbonyl (C=O) groups is 2. The molecule has 4 nitrogen and oxygen atoms in total. The average Bonchev–Trinajstić information content (AvgIpc) is 2.65. The quantitative estimate of drug-likeness (QED) is 0.630. The summed E-state index contributed by atoms with van der Waals surface area (Å²) in [6, 6.07) is 7.01. The third kappa shape index (κ3) is 7.02. The first-order valence-corrected chi connectivity index (χ1v) is 11.0. The van der Waals surface area contributed by atoms with Crippen LogP contribution in [0.3, 0.4) is 0 Å². The molecule has 1 rings (SSSR count). The molecule has 1 atom stereocenters. The number of nitrogens with one attached hydrogen (secondary N) is 1. The van der Waals surface area contributed by atoms with Crippen LogP contribution < -0.4 is 5.32 Å². The molecular weight excluding hydrogens is 344 g/mol. The molecule has 1 aromatic rings. The van der Waals surface area contributed by atoms with Crippen molar-refractivity contribution in [1.82, 2.24) is 10.2 Å². The maximum absolute atomic E-state index is 13.1. The van der Waals surface area contributed by atoms with Gasteiger partial charge in [-0.1, -0.05) is 44.4 Å². The lowest BCUT2D eigenvalue weighted by Gasteiger charge is -2.29. The Morgan fingerprint density at radius 1 is 1.19 bits per heavy atom. The minimum atomic E-state index is -0.468. The predicted molar refractivity (Wildman–Crippen MR) is 112 cm³/mol. The number of hydrogen-bond donors (Lipinski definition) is 1. The second kappa shape index (κ2) is 12.0. The molecule has 0 aromatic heterocycles. The number of hydrogen-bond acceptors (Lipinski definition) is 3. The fourth-order valence-electron chi connectivity index (χ4n) is 2.97. The molecule has 26 heavy (non-hydrogen) atoms. The molecule has 5 heteroatoms. The number of nitrogens with zero attached hydrogens (tertiary/aromatic N) is 1. The smallest absolute Gasteiger partial charge is 0.251 e. The van der Waals surface area contributed by atoms with Gasteiger partial charge in [-0.3, -0.25) is 9.59 Å². The van der Waals surface area contributed by atoms with E-state index in [2.05, 4.69) is 19.2 Å². The third-order valence-corrected chi connectivity index (χ3v) is 5.46. The van der Waals surface area contributed by atoms with Gasteiger partial charge < -0.3 is 10.2 Å². The summed E-state index contributed by atoms with van der Waals surface area (Å²) in [6.45, 7) is 9.73. The van der Waals surface area contributed by atoms with Crippen molar-refractivity contribution in [3.8, 4) is 0 Å². The summed E-state index contributed by atoms with van der Waals surface area (Å²) in [4.78, 5) is 27.6. The average molecular weight is 379 g/mol. The number of benzene rings is 1. The summed E-state index contributed by atoms with van der Waals surface area (Å²) in [5, 5.41) is 2.98. The van der Waals surface area contributed by atoms with Gasteiger partial charge in [0.2, 0.25) is 5.91 Å². The van der Waals surface area contributed by atoms with Crippen LogP contribution >= 0.6 is 11.8 Å². The monoisotopic (exact) mass is 378 g/mol. The van der Waals surface area contributed by atoms with Crippen molar-refractivity contribution < 1.29 is 9.59 Å². The molecule has 0 fully saturated rings. The number of carbonyl (C=O) groups excluding carboxylic acids is 2. The largest absolute Gasteiger partial charge is 0.341 e. The van der Waals surface area contributed by atoms with Crippen molar-refractivity contribution in [2.45, 2.75) is 53.0 Å². The molecule has 0 spiro atoms. The zero-order valence-electron chi connectivity index (χ0n) is 16.9. The van der Waals surface area contributed by atoms with E-state index in [-0.39, 0.29) is 11.8 Å². The van der Waals surface area contributed by atoms with Gasteiger partial charge in [0.25, 0.3) is 5.91 Å². The number of likely N-dealkylation sites (N-methyl/N-ethyl adjacent to an activating group) is 1. The first-order chi connectivity index (χ1) is 12.5. The first kappa shape index (κ1) is 22.6. The minimum absolute atomic E-state index is 0.0365. The Labute approximate surface area is 163 Å². The van der Waals surface area contributed by atoms with E-state index in [1.165, 1.54) is 0 Å². The predicted octanol–water partition coefficient (Wildman–Crippen LogP) is 4.13. The van der Waals surface area contributed by atoms with Crippen LogP contribution in [0.1, 0.15) is 56.0 Å². The molecule has 2 amide bonds. The highest BCUT2D eigenvalue weighted by molar-refractivity contribution is 7.98. The number of rotatable bonds is 11. The molecule has 1 N–H and O–H groups in total. The van der Waals surface area contributed by atoms with Crippen LogP contribution in [0.4, 0.5) is 0 Å². The van der Waals surface area contributed by atoms with Crippen LogP contribution in [-0.4, -0.2) is 47.9 Å². The lowest BCUT2D eigenvalue weighted by Crippen LogP contribution is -2.50. The molecule has 0 aliphatic rings. The van der Waals surface area contributed by atoms with E-state index in [4.69, 9.17) is 0 Å². The van der Waals surface area contributed by atoms with Crippen molar-refractivity contribution >= 4 is 23.6 Å². The van der Waals surface area contributed by atoms with Crippen molar-refractivity contribution in [2.24, 2.45) is 5.92 Å². The van der Waals surface area contributed by atoms with Crippen molar-refractivity contribution in [2.75, 3.05) is 25.1 Å². The molecule has 0 aliphatic heterocycles. The number of amides is 2. The zero-order valence-corrected chi connectivity index (χ0v) is 17.7. The molecule has 0 saturated heterocycles. The summed E-state index contributed by atoms with van der Waals surface area (Å²) >= 11 is 1.69. The van der Waals surface area contributed by atoms with Crippen LogP contribution in [0.15, 0.2) is 24.3 Å². The maximum atomic E-state index is 13.1. The normalized spacial score (nSPS) is 12.1. The summed E-state index contributed by atoms with van der Waals surface area (Å²) < 4.78 is 0. The van der Waals surface area contributed by atoms with Gasteiger partial charge in [0.05, 0.1) is 0 Å². The molecule has 1 aromatic carbocycles. The second-order valence-electron chi connectivity index (χ2n) is 6.74. The van der Waals surface area contributed by atoms with Gasteiger partial charge >= 0.3 is 0 Å². The Hall–Kier alpha value is -1.49. The van der Waals surface area contributed by atoms with Crippen LogP contribution in [0.25, 0.3) is 0 Å². The van der Waals surface area contributed by atoms with Crippen LogP contribution in [-0.2, 0) is 4.79 Å². The van der Waals surface area contributed by atoms with Crippen molar-refractivity contribution in [3.63, 3.8) is 0 Å². The van der Waals surface area contributed by atoms with E-state index >= 15 is 0 Å². The van der Waals surface area contributed by atoms with Gasteiger partial charge in [-0.15, -0.1) is 0 Å². The van der Waals surface area contributed by atoms with E-state index < -0.39 is 6.04 Å². The highest BCUT2D eigenvalue weighted by Crippen LogP contribution is 2.13. The molecule has 146 valence electrons. The molecule has 0 bridgehead atoms.